The summed E-state index contributed by atoms with van der Waals surface area (Å²) in [6.07, 6.45) is 1.65. The van der Waals surface area contributed by atoms with Gasteiger partial charge in [-0.3, -0.25) is 10.2 Å². The summed E-state index contributed by atoms with van der Waals surface area (Å²) in [6.45, 7) is 3.87. The van der Waals surface area contributed by atoms with E-state index in [9.17, 15) is 4.79 Å². The second-order valence-electron chi connectivity index (χ2n) is 3.39. The van der Waals surface area contributed by atoms with Gasteiger partial charge >= 0.3 is 0 Å². The normalized spacial score (nSPS) is 14.6. The highest BCUT2D eigenvalue weighted by atomic mass is 32.2. The topological polar surface area (TPSA) is 68.3 Å². The van der Waals surface area contributed by atoms with Gasteiger partial charge in [0.05, 0.1) is 12.0 Å². The fourth-order valence-corrected chi connectivity index (χ4v) is 2.10. The average molecular weight is 228 g/mol. The van der Waals surface area contributed by atoms with Gasteiger partial charge in [0.15, 0.2) is 0 Å². The molecule has 2 unspecified atom stereocenters. The summed E-state index contributed by atoms with van der Waals surface area (Å²) in [7, 11) is 0. The maximum atomic E-state index is 11.2. The molecule has 1 heterocycles. The zero-order valence-corrected chi connectivity index (χ0v) is 9.71. The Morgan fingerprint density at radius 1 is 1.67 bits per heavy atom. The van der Waals surface area contributed by atoms with Crippen molar-refractivity contribution in [3.63, 3.8) is 0 Å². The Bertz CT molecular complexity index is 300. The summed E-state index contributed by atoms with van der Waals surface area (Å²) in [5.74, 6) is 6.54. The van der Waals surface area contributed by atoms with Gasteiger partial charge in [-0.15, -0.1) is 11.8 Å². The zero-order valence-electron chi connectivity index (χ0n) is 8.90. The van der Waals surface area contributed by atoms with Gasteiger partial charge in [-0.05, 0) is 12.1 Å². The van der Waals surface area contributed by atoms with Crippen molar-refractivity contribution in [2.24, 2.45) is 11.8 Å². The lowest BCUT2D eigenvalue weighted by Gasteiger charge is -2.16. The first kappa shape index (κ1) is 12.1. The number of hydrogen-bond acceptors (Lipinski definition) is 4. The Morgan fingerprint density at radius 2 is 2.40 bits per heavy atom. The van der Waals surface area contributed by atoms with Gasteiger partial charge in [0.25, 0.3) is 0 Å². The van der Waals surface area contributed by atoms with Crippen molar-refractivity contribution in [2.45, 2.75) is 24.9 Å². The van der Waals surface area contributed by atoms with Crippen LogP contribution in [0, 0.1) is 5.92 Å². The van der Waals surface area contributed by atoms with E-state index in [1.807, 2.05) is 26.0 Å². The molecular weight excluding hydrogens is 212 g/mol. The SMILES string of the molecule is CC(SCc1ccco1)C(C)C(=O)NN. The highest BCUT2D eigenvalue weighted by Gasteiger charge is 2.19. The van der Waals surface area contributed by atoms with Gasteiger partial charge in [-0.25, -0.2) is 5.84 Å². The van der Waals surface area contributed by atoms with Crippen molar-refractivity contribution in [3.8, 4) is 0 Å². The van der Waals surface area contributed by atoms with Crippen LogP contribution in [0.5, 0.6) is 0 Å². The molecule has 3 N–H and O–H groups in total. The summed E-state index contributed by atoms with van der Waals surface area (Å²) in [5.41, 5.74) is 2.16. The quantitative estimate of drug-likeness (QED) is 0.455. The number of hydrazine groups is 1. The number of amides is 1. The second kappa shape index (κ2) is 5.82. The fourth-order valence-electron chi connectivity index (χ4n) is 1.10. The van der Waals surface area contributed by atoms with Crippen LogP contribution in [0.2, 0.25) is 0 Å². The largest absolute Gasteiger partial charge is 0.468 e. The molecule has 0 fully saturated rings. The molecule has 5 heteroatoms. The van der Waals surface area contributed by atoms with Crippen LogP contribution in [-0.2, 0) is 10.5 Å². The van der Waals surface area contributed by atoms with E-state index >= 15 is 0 Å². The number of hydrogen-bond donors (Lipinski definition) is 2. The first-order valence-corrected chi connectivity index (χ1v) is 5.84. The van der Waals surface area contributed by atoms with E-state index < -0.39 is 0 Å². The number of carbonyl (C=O) groups is 1. The lowest BCUT2D eigenvalue weighted by molar-refractivity contribution is -0.124. The molecule has 1 aromatic heterocycles. The third kappa shape index (κ3) is 3.60. The summed E-state index contributed by atoms with van der Waals surface area (Å²) >= 11 is 1.68. The molecule has 0 saturated heterocycles. The molecule has 0 aliphatic rings. The molecule has 0 bridgehead atoms. The molecule has 0 spiro atoms. The summed E-state index contributed by atoms with van der Waals surface area (Å²) < 4.78 is 5.20. The van der Waals surface area contributed by atoms with Crippen molar-refractivity contribution in [1.82, 2.24) is 5.43 Å². The van der Waals surface area contributed by atoms with E-state index in [1.54, 1.807) is 18.0 Å². The highest BCUT2D eigenvalue weighted by Crippen LogP contribution is 2.23. The van der Waals surface area contributed by atoms with Crippen LogP contribution in [0.25, 0.3) is 0 Å². The van der Waals surface area contributed by atoms with Gasteiger partial charge < -0.3 is 4.42 Å². The van der Waals surface area contributed by atoms with Gasteiger partial charge in [-0.1, -0.05) is 13.8 Å². The van der Waals surface area contributed by atoms with Gasteiger partial charge in [0.2, 0.25) is 5.91 Å². The summed E-state index contributed by atoms with van der Waals surface area (Å²) in [4.78, 5) is 11.2. The zero-order chi connectivity index (χ0) is 11.3. The molecule has 4 nitrogen and oxygen atoms in total. The smallest absolute Gasteiger partial charge is 0.237 e. The van der Waals surface area contributed by atoms with Crippen molar-refractivity contribution >= 4 is 17.7 Å². The van der Waals surface area contributed by atoms with E-state index in [1.165, 1.54) is 0 Å². The van der Waals surface area contributed by atoms with Gasteiger partial charge in [-0.2, -0.15) is 0 Å². The molecule has 1 rings (SSSR count). The Balaban J connectivity index is 2.35. The number of carbonyl (C=O) groups excluding carboxylic acids is 1. The van der Waals surface area contributed by atoms with E-state index in [4.69, 9.17) is 10.3 Å². The first-order chi connectivity index (χ1) is 7.15. The lowest BCUT2D eigenvalue weighted by atomic mass is 10.1. The Kier molecular flexibility index (Phi) is 4.71. The molecule has 1 amide bonds. The van der Waals surface area contributed by atoms with Crippen LogP contribution in [-0.4, -0.2) is 11.2 Å². The molecule has 2 atom stereocenters. The number of nitrogens with two attached hydrogens (primary N) is 1. The minimum Gasteiger partial charge on any atom is -0.468 e. The maximum absolute atomic E-state index is 11.2. The van der Waals surface area contributed by atoms with Gasteiger partial charge in [0.1, 0.15) is 5.76 Å². The first-order valence-electron chi connectivity index (χ1n) is 4.79. The Morgan fingerprint density at radius 3 is 2.93 bits per heavy atom. The molecule has 0 radical (unpaired) electrons. The van der Waals surface area contributed by atoms with Crippen LogP contribution in [0.1, 0.15) is 19.6 Å². The molecule has 84 valence electrons. The number of thioether (sulfide) groups is 1. The van der Waals surface area contributed by atoms with Crippen LogP contribution in [0.3, 0.4) is 0 Å². The van der Waals surface area contributed by atoms with Crippen LogP contribution >= 0.6 is 11.8 Å². The summed E-state index contributed by atoms with van der Waals surface area (Å²) in [5, 5.41) is 0.207. The predicted molar refractivity (Wildman–Crippen MR) is 61.0 cm³/mol. The lowest BCUT2D eigenvalue weighted by Crippen LogP contribution is -2.38. The van der Waals surface area contributed by atoms with E-state index in [0.29, 0.717) is 0 Å². The molecule has 0 saturated carbocycles. The molecule has 0 aromatic carbocycles. The van der Waals surface area contributed by atoms with E-state index in [2.05, 4.69) is 5.43 Å². The third-order valence-corrected chi connectivity index (χ3v) is 3.71. The van der Waals surface area contributed by atoms with Crippen LogP contribution in [0.15, 0.2) is 22.8 Å². The Labute approximate surface area is 93.6 Å². The van der Waals surface area contributed by atoms with Crippen molar-refractivity contribution < 1.29 is 9.21 Å². The fraction of sp³-hybridized carbons (Fsp3) is 0.500. The molecule has 0 aliphatic carbocycles. The minimum atomic E-state index is -0.130. The minimum absolute atomic E-state index is 0.102. The van der Waals surface area contributed by atoms with E-state index in [0.717, 1.165) is 11.5 Å². The maximum Gasteiger partial charge on any atom is 0.237 e. The molecule has 1 aromatic rings. The number of furan rings is 1. The third-order valence-electron chi connectivity index (χ3n) is 2.33. The summed E-state index contributed by atoms with van der Waals surface area (Å²) in [6, 6.07) is 3.78. The predicted octanol–water partition coefficient (Wildman–Crippen LogP) is 1.53. The van der Waals surface area contributed by atoms with E-state index in [-0.39, 0.29) is 17.1 Å². The second-order valence-corrected chi connectivity index (χ2v) is 4.76. The van der Waals surface area contributed by atoms with Crippen LogP contribution < -0.4 is 11.3 Å². The Hall–Kier alpha value is -0.940. The number of nitrogens with one attached hydrogen (secondary N) is 1. The molecule has 15 heavy (non-hydrogen) atoms. The van der Waals surface area contributed by atoms with Crippen LogP contribution in [0.4, 0.5) is 0 Å². The van der Waals surface area contributed by atoms with Crippen molar-refractivity contribution in [3.05, 3.63) is 24.2 Å². The highest BCUT2D eigenvalue weighted by molar-refractivity contribution is 7.99. The molecular formula is C10H16N2O2S. The van der Waals surface area contributed by atoms with Crippen molar-refractivity contribution in [2.75, 3.05) is 0 Å². The van der Waals surface area contributed by atoms with Gasteiger partial charge in [0, 0.05) is 11.2 Å². The monoisotopic (exact) mass is 228 g/mol. The number of rotatable bonds is 5. The van der Waals surface area contributed by atoms with Crippen molar-refractivity contribution in [1.29, 1.82) is 0 Å². The standard InChI is InChI=1S/C10H16N2O2S/c1-7(10(13)12-11)8(2)15-6-9-4-3-5-14-9/h3-5,7-8H,6,11H2,1-2H3,(H,12,13). The average Bonchev–Trinajstić information content (AvgIpc) is 2.76. The molecule has 0 aliphatic heterocycles.